The van der Waals surface area contributed by atoms with Crippen LogP contribution in [0.25, 0.3) is 0 Å². The Hall–Kier alpha value is -4.43. The van der Waals surface area contributed by atoms with Gasteiger partial charge in [0.15, 0.2) is 0 Å². The van der Waals surface area contributed by atoms with Crippen molar-refractivity contribution in [3.05, 3.63) is 131 Å². The van der Waals surface area contributed by atoms with Crippen LogP contribution in [0.15, 0.2) is 108 Å². The molecule has 4 rings (SSSR count). The van der Waals surface area contributed by atoms with Crippen LogP contribution in [-0.4, -0.2) is 43.3 Å². The van der Waals surface area contributed by atoms with Crippen molar-refractivity contribution in [3.8, 4) is 0 Å². The lowest BCUT2D eigenvalue weighted by molar-refractivity contribution is -0.140. The second-order valence-corrected chi connectivity index (χ2v) is 14.4. The van der Waals surface area contributed by atoms with Crippen LogP contribution in [0.1, 0.15) is 48.6 Å². The quantitative estimate of drug-likeness (QED) is 0.210. The third kappa shape index (κ3) is 8.82. The highest BCUT2D eigenvalue weighted by molar-refractivity contribution is 7.92. The molecule has 0 aromatic heterocycles. The van der Waals surface area contributed by atoms with E-state index in [0.29, 0.717) is 11.3 Å². The number of carbonyl (C=O) groups is 2. The molecular formula is C37H43N3O4S. The number of anilines is 1. The van der Waals surface area contributed by atoms with E-state index < -0.39 is 34.1 Å². The summed E-state index contributed by atoms with van der Waals surface area (Å²) >= 11 is 0. The summed E-state index contributed by atoms with van der Waals surface area (Å²) in [7, 11) is -4.15. The molecule has 0 radical (unpaired) electrons. The highest BCUT2D eigenvalue weighted by atomic mass is 32.2. The Balaban J connectivity index is 1.84. The fourth-order valence-electron chi connectivity index (χ4n) is 5.12. The average molecular weight is 626 g/mol. The Morgan fingerprint density at radius 3 is 1.93 bits per heavy atom. The molecule has 45 heavy (non-hydrogen) atoms. The van der Waals surface area contributed by atoms with Gasteiger partial charge in [-0.3, -0.25) is 13.9 Å². The summed E-state index contributed by atoms with van der Waals surface area (Å²) in [6, 6.07) is 30.1. The second kappa shape index (κ2) is 14.1. The lowest BCUT2D eigenvalue weighted by Gasteiger charge is -2.35. The van der Waals surface area contributed by atoms with Crippen molar-refractivity contribution >= 4 is 27.5 Å². The Bertz CT molecular complexity index is 1720. The highest BCUT2D eigenvalue weighted by Gasteiger charge is 2.36. The molecule has 4 aromatic carbocycles. The van der Waals surface area contributed by atoms with Gasteiger partial charge in [-0.05, 0) is 82.0 Å². The van der Waals surface area contributed by atoms with Crippen LogP contribution in [0, 0.1) is 20.8 Å². The van der Waals surface area contributed by atoms with E-state index in [4.69, 9.17) is 0 Å². The number of rotatable bonds is 11. The normalized spacial score (nSPS) is 12.3. The number of nitrogens with one attached hydrogen (secondary N) is 1. The van der Waals surface area contributed by atoms with Gasteiger partial charge in [-0.1, -0.05) is 90.5 Å². The first kappa shape index (κ1) is 33.5. The molecule has 1 atom stereocenters. The van der Waals surface area contributed by atoms with Gasteiger partial charge < -0.3 is 10.2 Å². The maximum absolute atomic E-state index is 14.6. The molecule has 0 heterocycles. The number of nitrogens with zero attached hydrogens (tertiary/aromatic N) is 2. The topological polar surface area (TPSA) is 86.8 Å². The maximum atomic E-state index is 14.6. The van der Waals surface area contributed by atoms with Crippen molar-refractivity contribution in [3.63, 3.8) is 0 Å². The van der Waals surface area contributed by atoms with Gasteiger partial charge in [0.25, 0.3) is 10.0 Å². The molecule has 0 saturated carbocycles. The molecular weight excluding hydrogens is 582 g/mol. The van der Waals surface area contributed by atoms with E-state index in [1.54, 1.807) is 24.3 Å². The molecule has 8 heteroatoms. The van der Waals surface area contributed by atoms with Crippen molar-refractivity contribution in [2.75, 3.05) is 10.8 Å². The van der Waals surface area contributed by atoms with E-state index in [0.717, 1.165) is 22.3 Å². The van der Waals surface area contributed by atoms with Gasteiger partial charge in [-0.15, -0.1) is 0 Å². The number of amides is 2. The van der Waals surface area contributed by atoms with E-state index >= 15 is 0 Å². The molecule has 0 aliphatic heterocycles. The van der Waals surface area contributed by atoms with E-state index in [9.17, 15) is 18.0 Å². The van der Waals surface area contributed by atoms with Crippen molar-refractivity contribution in [2.24, 2.45) is 0 Å². The number of hydrogen-bond donors (Lipinski definition) is 1. The number of sulfonamides is 1. The largest absolute Gasteiger partial charge is 0.350 e. The SMILES string of the molecule is Cc1ccc(CN(C(=O)CN(c2cc(C)ccc2C)S(=O)(=O)c2ccccc2)[C@H](Cc2ccccc2)C(=O)NC(C)(C)C)cc1. The van der Waals surface area contributed by atoms with E-state index in [2.05, 4.69) is 5.32 Å². The number of carbonyl (C=O) groups excluding carboxylic acids is 2. The molecule has 1 N–H and O–H groups in total. The third-order valence-electron chi connectivity index (χ3n) is 7.49. The third-order valence-corrected chi connectivity index (χ3v) is 9.26. The zero-order valence-electron chi connectivity index (χ0n) is 26.9. The molecule has 0 aliphatic carbocycles. The van der Waals surface area contributed by atoms with Gasteiger partial charge in [0.2, 0.25) is 11.8 Å². The second-order valence-electron chi connectivity index (χ2n) is 12.6. The van der Waals surface area contributed by atoms with Crippen LogP contribution in [0.5, 0.6) is 0 Å². The van der Waals surface area contributed by atoms with Gasteiger partial charge in [-0.2, -0.15) is 0 Å². The summed E-state index contributed by atoms with van der Waals surface area (Å²) in [5.41, 5.74) is 4.23. The monoisotopic (exact) mass is 625 g/mol. The van der Waals surface area contributed by atoms with Gasteiger partial charge in [-0.25, -0.2) is 8.42 Å². The highest BCUT2D eigenvalue weighted by Crippen LogP contribution is 2.29. The molecule has 0 saturated heterocycles. The Morgan fingerprint density at radius 2 is 1.33 bits per heavy atom. The van der Waals surface area contributed by atoms with Gasteiger partial charge >= 0.3 is 0 Å². The molecule has 0 aliphatic rings. The molecule has 0 spiro atoms. The summed E-state index contributed by atoms with van der Waals surface area (Å²) in [6.07, 6.45) is 0.259. The smallest absolute Gasteiger partial charge is 0.264 e. The minimum absolute atomic E-state index is 0.0788. The molecule has 0 fully saturated rings. The minimum atomic E-state index is -4.15. The molecule has 4 aromatic rings. The average Bonchev–Trinajstić information content (AvgIpc) is 3.00. The van der Waals surface area contributed by atoms with Crippen LogP contribution in [-0.2, 0) is 32.6 Å². The summed E-state index contributed by atoms with van der Waals surface area (Å²) < 4.78 is 29.6. The van der Waals surface area contributed by atoms with Crippen LogP contribution >= 0.6 is 0 Å². The summed E-state index contributed by atoms with van der Waals surface area (Å²) in [5, 5.41) is 3.06. The summed E-state index contributed by atoms with van der Waals surface area (Å²) in [4.78, 5) is 30.2. The van der Waals surface area contributed by atoms with Gasteiger partial charge in [0.1, 0.15) is 12.6 Å². The Labute approximate surface area is 268 Å². The van der Waals surface area contributed by atoms with Crippen LogP contribution in [0.3, 0.4) is 0 Å². The predicted octanol–water partition coefficient (Wildman–Crippen LogP) is 6.36. The van der Waals surface area contributed by atoms with Crippen molar-refractivity contribution in [1.29, 1.82) is 0 Å². The van der Waals surface area contributed by atoms with Crippen molar-refractivity contribution < 1.29 is 18.0 Å². The number of aryl methyl sites for hydroxylation is 3. The van der Waals surface area contributed by atoms with Gasteiger partial charge in [0, 0.05) is 18.5 Å². The molecule has 2 amide bonds. The first-order valence-electron chi connectivity index (χ1n) is 15.1. The van der Waals surface area contributed by atoms with Crippen LogP contribution in [0.4, 0.5) is 5.69 Å². The van der Waals surface area contributed by atoms with Crippen molar-refractivity contribution in [2.45, 2.75) is 71.0 Å². The first-order valence-corrected chi connectivity index (χ1v) is 16.5. The minimum Gasteiger partial charge on any atom is -0.350 e. The van der Waals surface area contributed by atoms with Gasteiger partial charge in [0.05, 0.1) is 10.6 Å². The molecule has 236 valence electrons. The Morgan fingerprint density at radius 1 is 0.756 bits per heavy atom. The van der Waals surface area contributed by atoms with E-state index in [1.807, 2.05) is 108 Å². The molecule has 0 bridgehead atoms. The first-order chi connectivity index (χ1) is 21.2. The maximum Gasteiger partial charge on any atom is 0.264 e. The Kier molecular flexibility index (Phi) is 10.5. The van der Waals surface area contributed by atoms with E-state index in [-0.39, 0.29) is 23.8 Å². The fourth-order valence-corrected chi connectivity index (χ4v) is 6.61. The standard InChI is InChI=1S/C37H43N3O4S/c1-27-18-21-31(22-19-27)25-39(34(36(42)38-37(4,5)6)24-30-13-9-7-10-14-30)35(41)26-40(33-23-28(2)17-20-29(33)3)45(43,44)32-15-11-8-12-16-32/h7-23,34H,24-26H2,1-6H3,(H,38,42)/t34-/m1/s1. The lowest BCUT2D eigenvalue weighted by Crippen LogP contribution is -2.56. The van der Waals surface area contributed by atoms with Crippen LogP contribution in [0.2, 0.25) is 0 Å². The van der Waals surface area contributed by atoms with Crippen LogP contribution < -0.4 is 9.62 Å². The zero-order valence-corrected chi connectivity index (χ0v) is 27.8. The van der Waals surface area contributed by atoms with E-state index in [1.165, 1.54) is 21.3 Å². The zero-order chi connectivity index (χ0) is 32.8. The summed E-state index contributed by atoms with van der Waals surface area (Å²) in [5.74, 6) is -0.794. The fraction of sp³-hybridized carbons (Fsp3) is 0.297. The predicted molar refractivity (Wildman–Crippen MR) is 180 cm³/mol. The molecule has 0 unspecified atom stereocenters. The molecule has 7 nitrogen and oxygen atoms in total. The van der Waals surface area contributed by atoms with Crippen molar-refractivity contribution in [1.82, 2.24) is 10.2 Å². The number of benzene rings is 4. The number of hydrogen-bond acceptors (Lipinski definition) is 4. The lowest BCUT2D eigenvalue weighted by atomic mass is 10.0. The summed E-state index contributed by atoms with van der Waals surface area (Å²) in [6.45, 7) is 11.0.